The first-order chi connectivity index (χ1) is 17.0. The zero-order chi connectivity index (χ0) is 24.1. The van der Waals surface area contributed by atoms with Crippen molar-refractivity contribution in [3.8, 4) is 0 Å². The summed E-state index contributed by atoms with van der Waals surface area (Å²) in [6, 6.07) is 13.5. The molecule has 0 spiro atoms. The van der Waals surface area contributed by atoms with E-state index in [9.17, 15) is 14.4 Å². The highest BCUT2D eigenvalue weighted by Crippen LogP contribution is 2.36. The highest BCUT2D eigenvalue weighted by Gasteiger charge is 2.33. The van der Waals surface area contributed by atoms with Gasteiger partial charge in [0.2, 0.25) is 5.91 Å². The van der Waals surface area contributed by atoms with E-state index in [1.165, 1.54) is 22.9 Å². The lowest BCUT2D eigenvalue weighted by Gasteiger charge is -2.20. The molecule has 0 unspecified atom stereocenters. The summed E-state index contributed by atoms with van der Waals surface area (Å²) in [6.07, 6.45) is 1.05. The highest BCUT2D eigenvalue weighted by molar-refractivity contribution is 8.00. The Morgan fingerprint density at radius 3 is 2.86 bits per heavy atom. The highest BCUT2D eigenvalue weighted by atomic mass is 32.2. The van der Waals surface area contributed by atoms with Crippen LogP contribution >= 0.6 is 11.8 Å². The molecule has 4 heterocycles. The molecular weight excluding hydrogens is 464 g/mol. The Hall–Kier alpha value is -3.30. The van der Waals surface area contributed by atoms with Crippen LogP contribution in [0.25, 0.3) is 10.9 Å². The zero-order valence-electron chi connectivity index (χ0n) is 19.4. The average molecular weight is 491 g/mol. The van der Waals surface area contributed by atoms with Crippen molar-refractivity contribution in [3.63, 3.8) is 0 Å². The Kier molecular flexibility index (Phi) is 5.53. The Morgan fingerprint density at radius 2 is 1.97 bits per heavy atom. The number of nitrogens with one attached hydrogen (secondary N) is 2. The fourth-order valence-corrected chi connectivity index (χ4v) is 6.10. The Balaban J connectivity index is 1.06. The monoisotopic (exact) mass is 490 g/mol. The quantitative estimate of drug-likeness (QED) is 0.511. The third-order valence-corrected chi connectivity index (χ3v) is 8.07. The van der Waals surface area contributed by atoms with E-state index in [0.717, 1.165) is 46.6 Å². The minimum absolute atomic E-state index is 0.0318. The number of carbonyl (C=O) groups is 2. The zero-order valence-corrected chi connectivity index (χ0v) is 20.2. The number of rotatable bonds is 6. The first-order valence-corrected chi connectivity index (χ1v) is 12.9. The largest absolute Gasteiger partial charge is 0.444 e. The predicted molar refractivity (Wildman–Crippen MR) is 136 cm³/mol. The number of amides is 2. The van der Waals surface area contributed by atoms with Gasteiger partial charge in [-0.3, -0.25) is 14.5 Å². The number of hydrogen-bond acceptors (Lipinski definition) is 6. The van der Waals surface area contributed by atoms with Crippen LogP contribution in [0.1, 0.15) is 30.0 Å². The van der Waals surface area contributed by atoms with Gasteiger partial charge in [0.15, 0.2) is 0 Å². The molecule has 180 valence electrons. The topological polar surface area (TPSA) is 92.7 Å². The van der Waals surface area contributed by atoms with E-state index in [4.69, 9.17) is 4.74 Å². The molecule has 2 N–H and O–H groups in total. The molecule has 2 aromatic carbocycles. The molecule has 8 nitrogen and oxygen atoms in total. The average Bonchev–Trinajstić information content (AvgIpc) is 3.42. The molecule has 3 aromatic rings. The number of anilines is 2. The molecule has 1 fully saturated rings. The predicted octanol–water partition coefficient (Wildman–Crippen LogP) is 3.80. The van der Waals surface area contributed by atoms with Crippen molar-refractivity contribution >= 4 is 46.0 Å². The van der Waals surface area contributed by atoms with Crippen LogP contribution in [0.2, 0.25) is 0 Å². The van der Waals surface area contributed by atoms with Gasteiger partial charge in [-0.15, -0.1) is 11.8 Å². The van der Waals surface area contributed by atoms with Crippen LogP contribution in [0.4, 0.5) is 16.2 Å². The van der Waals surface area contributed by atoms with Gasteiger partial charge in [-0.25, -0.2) is 4.79 Å². The number of ether oxygens (including phenoxy) is 1. The molecule has 2 atom stereocenters. The van der Waals surface area contributed by atoms with Gasteiger partial charge in [-0.1, -0.05) is 12.1 Å². The fraction of sp³-hybridized carbons (Fsp3) is 0.346. The molecule has 0 aliphatic carbocycles. The van der Waals surface area contributed by atoms with E-state index < -0.39 is 0 Å². The third-order valence-electron chi connectivity index (χ3n) is 7.00. The Morgan fingerprint density at radius 1 is 1.11 bits per heavy atom. The Bertz CT molecular complexity index is 1420. The number of thioether (sulfide) groups is 1. The van der Waals surface area contributed by atoms with Crippen LogP contribution in [0.5, 0.6) is 0 Å². The van der Waals surface area contributed by atoms with Crippen LogP contribution in [0.15, 0.2) is 52.2 Å². The summed E-state index contributed by atoms with van der Waals surface area (Å²) in [5.41, 5.74) is 4.94. The molecule has 0 radical (unpaired) electrons. The number of cyclic esters (lactones) is 1. The van der Waals surface area contributed by atoms with E-state index in [-0.39, 0.29) is 29.7 Å². The third kappa shape index (κ3) is 3.98. The SMILES string of the molecule is Cc1ccc2ccc(=O)n3c2c1[C@H](NCCC[C@@H]1CN(c2ccc4c(c2)NC(=O)CS4)C(=O)O1)C3. The van der Waals surface area contributed by atoms with Crippen LogP contribution in [0.3, 0.4) is 0 Å². The number of nitrogens with zero attached hydrogens (tertiary/aromatic N) is 2. The summed E-state index contributed by atoms with van der Waals surface area (Å²) >= 11 is 1.50. The molecule has 1 saturated heterocycles. The molecule has 3 aliphatic rings. The lowest BCUT2D eigenvalue weighted by Crippen LogP contribution is -2.27. The maximum atomic E-state index is 12.5. The summed E-state index contributed by atoms with van der Waals surface area (Å²) in [5.74, 6) is 0.378. The normalized spacial score (nSPS) is 20.8. The minimum atomic E-state index is -0.356. The van der Waals surface area contributed by atoms with Crippen LogP contribution in [-0.2, 0) is 16.1 Å². The van der Waals surface area contributed by atoms with Gasteiger partial charge < -0.3 is 19.9 Å². The minimum Gasteiger partial charge on any atom is -0.444 e. The van der Waals surface area contributed by atoms with Gasteiger partial charge in [0.1, 0.15) is 6.10 Å². The molecule has 35 heavy (non-hydrogen) atoms. The first-order valence-electron chi connectivity index (χ1n) is 11.9. The van der Waals surface area contributed by atoms with Crippen LogP contribution < -0.4 is 21.1 Å². The summed E-state index contributed by atoms with van der Waals surface area (Å²) in [4.78, 5) is 39.3. The number of aromatic nitrogens is 1. The molecule has 6 rings (SSSR count). The van der Waals surface area contributed by atoms with Gasteiger partial charge in [0.25, 0.3) is 5.56 Å². The van der Waals surface area contributed by atoms with E-state index >= 15 is 0 Å². The fourth-order valence-electron chi connectivity index (χ4n) is 5.31. The van der Waals surface area contributed by atoms with Gasteiger partial charge in [-0.2, -0.15) is 0 Å². The van der Waals surface area contributed by atoms with Crippen molar-refractivity contribution in [2.75, 3.05) is 29.1 Å². The maximum Gasteiger partial charge on any atom is 0.414 e. The lowest BCUT2D eigenvalue weighted by molar-refractivity contribution is -0.113. The molecule has 3 aliphatic heterocycles. The van der Waals surface area contributed by atoms with Gasteiger partial charge >= 0.3 is 6.09 Å². The Labute approximate surface area is 206 Å². The van der Waals surface area contributed by atoms with Crippen molar-refractivity contribution < 1.29 is 14.3 Å². The van der Waals surface area contributed by atoms with Crippen LogP contribution in [-0.4, -0.2) is 41.5 Å². The molecule has 9 heteroatoms. The van der Waals surface area contributed by atoms with E-state index in [0.29, 0.717) is 18.8 Å². The standard InChI is InChI=1S/C26H26N4O4S/c1-15-4-5-16-6-9-23(32)30-13-20(24(15)25(16)30)27-10-2-3-18-12-29(26(33)34-18)17-7-8-21-19(11-17)28-22(31)14-35-21/h4-9,11,18,20,27H,2-3,10,12-14H2,1H3,(H,28,31)/t18-,20-/m1/s1. The van der Waals surface area contributed by atoms with E-state index in [1.807, 2.05) is 28.8 Å². The number of hydrogen-bond donors (Lipinski definition) is 2. The summed E-state index contributed by atoms with van der Waals surface area (Å²) in [5, 5.41) is 7.58. The molecule has 2 amide bonds. The van der Waals surface area contributed by atoms with Crippen LogP contribution in [0, 0.1) is 6.92 Å². The second-order valence-corrected chi connectivity index (χ2v) is 10.3. The second-order valence-electron chi connectivity index (χ2n) is 9.30. The summed E-state index contributed by atoms with van der Waals surface area (Å²) < 4.78 is 7.49. The van der Waals surface area contributed by atoms with Crippen molar-refractivity contribution in [2.24, 2.45) is 0 Å². The lowest BCUT2D eigenvalue weighted by atomic mass is 10.0. The number of fused-ring (bicyclic) bond motifs is 1. The van der Waals surface area contributed by atoms with Gasteiger partial charge in [0, 0.05) is 23.2 Å². The van der Waals surface area contributed by atoms with E-state index in [1.54, 1.807) is 11.0 Å². The van der Waals surface area contributed by atoms with Crippen molar-refractivity contribution in [3.05, 3.63) is 63.9 Å². The molecule has 0 bridgehead atoms. The summed E-state index contributed by atoms with van der Waals surface area (Å²) in [7, 11) is 0. The first kappa shape index (κ1) is 22.2. The van der Waals surface area contributed by atoms with Gasteiger partial charge in [-0.05, 0) is 67.1 Å². The van der Waals surface area contributed by atoms with Crippen molar-refractivity contribution in [1.29, 1.82) is 0 Å². The van der Waals surface area contributed by atoms with Crippen molar-refractivity contribution in [2.45, 2.75) is 43.4 Å². The molecular formula is C26H26N4O4S. The van der Waals surface area contributed by atoms with Gasteiger partial charge in [0.05, 0.1) is 29.5 Å². The molecule has 0 saturated carbocycles. The van der Waals surface area contributed by atoms with Crippen molar-refractivity contribution in [1.82, 2.24) is 9.88 Å². The number of carbonyl (C=O) groups excluding carboxylic acids is 2. The second kappa shape index (κ2) is 8.73. The molecule has 1 aromatic heterocycles. The number of benzene rings is 2. The number of pyridine rings is 1. The maximum absolute atomic E-state index is 12.5. The smallest absolute Gasteiger partial charge is 0.414 e. The number of aryl methyl sites for hydroxylation is 1. The van der Waals surface area contributed by atoms with E-state index in [2.05, 4.69) is 29.7 Å². The summed E-state index contributed by atoms with van der Waals surface area (Å²) in [6.45, 7) is 3.98.